The van der Waals surface area contributed by atoms with Gasteiger partial charge in [0.05, 0.1) is 29.2 Å². The van der Waals surface area contributed by atoms with E-state index in [1.54, 1.807) is 0 Å². The van der Waals surface area contributed by atoms with Crippen LogP contribution >= 0.6 is 0 Å². The molecule has 0 saturated heterocycles. The molecule has 0 fully saturated rings. The summed E-state index contributed by atoms with van der Waals surface area (Å²) in [5.41, 5.74) is -0.416. The molecule has 0 N–H and O–H groups in total. The number of hydrogen-bond donors (Lipinski definition) is 0. The molecule has 0 bridgehead atoms. The van der Waals surface area contributed by atoms with Crippen LogP contribution in [0.15, 0.2) is 47.4 Å². The Labute approximate surface area is 245 Å². The Hall–Kier alpha value is -1.45. The van der Waals surface area contributed by atoms with E-state index in [2.05, 4.69) is 32.1 Å². The van der Waals surface area contributed by atoms with Crippen LogP contribution in [-0.4, -0.2) is 38.1 Å². The van der Waals surface area contributed by atoms with Gasteiger partial charge in [-0.1, -0.05) is 63.8 Å². The van der Waals surface area contributed by atoms with Crippen molar-refractivity contribution in [2.45, 2.75) is 95.8 Å². The molecule has 202 valence electrons. The second kappa shape index (κ2) is 21.5. The Morgan fingerprint density at radius 1 is 0.730 bits per heavy atom. The minimum Gasteiger partial charge on any atom is -0.744 e. The Morgan fingerprint density at radius 2 is 1.16 bits per heavy atom. The molecular weight excluding hydrogens is 503 g/mol. The Balaban J connectivity index is 0.0000130. The number of carbonyl (C=O) groups is 2. The summed E-state index contributed by atoms with van der Waals surface area (Å²) in [6, 6.07) is 3.00. The third kappa shape index (κ3) is 16.2. The van der Waals surface area contributed by atoms with Crippen molar-refractivity contribution in [3.05, 3.63) is 53.6 Å². The molecule has 1 aromatic carbocycles. The van der Waals surface area contributed by atoms with Gasteiger partial charge in [-0.3, -0.25) is 0 Å². The Morgan fingerprint density at radius 3 is 1.59 bits per heavy atom. The first-order chi connectivity index (χ1) is 17.3. The average molecular weight is 545 g/mol. The van der Waals surface area contributed by atoms with Gasteiger partial charge in [0.2, 0.25) is 0 Å². The fourth-order valence-corrected chi connectivity index (χ4v) is 3.91. The first kappa shape index (κ1) is 35.5. The van der Waals surface area contributed by atoms with Gasteiger partial charge in [0.1, 0.15) is 10.1 Å². The van der Waals surface area contributed by atoms with Crippen molar-refractivity contribution < 1.29 is 61.6 Å². The second-order valence-electron chi connectivity index (χ2n) is 8.65. The van der Waals surface area contributed by atoms with Crippen LogP contribution in [0.3, 0.4) is 0 Å². The maximum absolute atomic E-state index is 12.6. The normalized spacial score (nSPS) is 11.5. The quantitative estimate of drug-likeness (QED) is 0.0858. The third-order valence-electron chi connectivity index (χ3n) is 5.50. The van der Waals surface area contributed by atoms with Gasteiger partial charge >= 0.3 is 41.5 Å². The molecule has 0 unspecified atom stereocenters. The zero-order chi connectivity index (χ0) is 26.7. The van der Waals surface area contributed by atoms with Gasteiger partial charge in [-0.05, 0) is 69.6 Å². The van der Waals surface area contributed by atoms with E-state index in [0.717, 1.165) is 56.7 Å². The molecule has 7 nitrogen and oxygen atoms in total. The summed E-state index contributed by atoms with van der Waals surface area (Å²) in [4.78, 5) is 24.6. The van der Waals surface area contributed by atoms with Crippen LogP contribution in [0.4, 0.5) is 0 Å². The zero-order valence-corrected chi connectivity index (χ0v) is 25.5. The molecule has 37 heavy (non-hydrogen) atoms. The maximum atomic E-state index is 12.6. The zero-order valence-electron chi connectivity index (χ0n) is 22.7. The van der Waals surface area contributed by atoms with Crippen molar-refractivity contribution in [2.75, 3.05) is 13.2 Å². The largest absolute Gasteiger partial charge is 1.00 e. The van der Waals surface area contributed by atoms with Crippen molar-refractivity contribution in [2.24, 2.45) is 0 Å². The number of esters is 2. The predicted molar refractivity (Wildman–Crippen MR) is 140 cm³/mol. The summed E-state index contributed by atoms with van der Waals surface area (Å²) in [5.74, 6) is -1.63. The van der Waals surface area contributed by atoms with Gasteiger partial charge in [-0.2, -0.15) is 0 Å². The number of hydrogen-bond acceptors (Lipinski definition) is 7. The fourth-order valence-electron chi connectivity index (χ4n) is 3.41. The topological polar surface area (TPSA) is 110 Å². The summed E-state index contributed by atoms with van der Waals surface area (Å²) in [6.07, 6.45) is 20.1. The molecule has 0 aliphatic rings. The van der Waals surface area contributed by atoms with Crippen molar-refractivity contribution in [3.63, 3.8) is 0 Å². The van der Waals surface area contributed by atoms with E-state index in [1.807, 2.05) is 6.08 Å². The van der Waals surface area contributed by atoms with E-state index >= 15 is 0 Å². The first-order valence-electron chi connectivity index (χ1n) is 13.0. The van der Waals surface area contributed by atoms with Crippen LogP contribution in [0.25, 0.3) is 0 Å². The minimum absolute atomic E-state index is 0. The molecule has 0 spiro atoms. The SMILES string of the molecule is CCCCC/C=C/CCCOC(=O)c1ccc(S(=O)(=O)[O-])cc1C(=O)OCCC/C=C/CCCCC.[Na+]. The summed E-state index contributed by atoms with van der Waals surface area (Å²) in [6.45, 7) is 4.57. The number of benzene rings is 1. The smallest absolute Gasteiger partial charge is 0.744 e. The van der Waals surface area contributed by atoms with Crippen molar-refractivity contribution >= 4 is 22.1 Å². The predicted octanol–water partition coefficient (Wildman–Crippen LogP) is 3.74. The molecule has 0 heterocycles. The number of carbonyl (C=O) groups excluding carboxylic acids is 2. The first-order valence-corrected chi connectivity index (χ1v) is 14.5. The molecule has 1 aromatic rings. The summed E-state index contributed by atoms with van der Waals surface area (Å²) in [7, 11) is -4.81. The third-order valence-corrected chi connectivity index (χ3v) is 6.33. The average Bonchev–Trinajstić information content (AvgIpc) is 2.85. The Kier molecular flexibility index (Phi) is 20.6. The molecule has 1 rings (SSSR count). The number of allylic oxidation sites excluding steroid dienone is 4. The summed E-state index contributed by atoms with van der Waals surface area (Å²) < 4.78 is 44.8. The molecule has 0 radical (unpaired) electrons. The van der Waals surface area contributed by atoms with Crippen LogP contribution in [0.1, 0.15) is 112 Å². The molecule has 0 saturated carbocycles. The van der Waals surface area contributed by atoms with Crippen LogP contribution in [-0.2, 0) is 19.6 Å². The fraction of sp³-hybridized carbons (Fsp3) is 0.571. The number of unbranched alkanes of at least 4 members (excludes halogenated alkanes) is 8. The van der Waals surface area contributed by atoms with Crippen LogP contribution in [0.2, 0.25) is 0 Å². The minimum atomic E-state index is -4.81. The van der Waals surface area contributed by atoms with Crippen LogP contribution < -0.4 is 29.6 Å². The van der Waals surface area contributed by atoms with Crippen LogP contribution in [0.5, 0.6) is 0 Å². The summed E-state index contributed by atoms with van der Waals surface area (Å²) >= 11 is 0. The van der Waals surface area contributed by atoms with E-state index in [9.17, 15) is 22.6 Å². The van der Waals surface area contributed by atoms with Crippen molar-refractivity contribution in [1.82, 2.24) is 0 Å². The van der Waals surface area contributed by atoms with Gasteiger partial charge in [-0.25, -0.2) is 18.0 Å². The van der Waals surface area contributed by atoms with E-state index < -0.39 is 27.0 Å². The van der Waals surface area contributed by atoms with Gasteiger partial charge in [0, 0.05) is 0 Å². The van der Waals surface area contributed by atoms with E-state index in [1.165, 1.54) is 25.7 Å². The summed E-state index contributed by atoms with van der Waals surface area (Å²) in [5, 5.41) is 0. The number of ether oxygens (including phenoxy) is 2. The molecule has 0 aromatic heterocycles. The van der Waals surface area contributed by atoms with Crippen molar-refractivity contribution in [3.8, 4) is 0 Å². The Bertz CT molecular complexity index is 955. The molecule has 0 amide bonds. The van der Waals surface area contributed by atoms with E-state index in [4.69, 9.17) is 9.47 Å². The number of rotatable bonds is 19. The molecule has 0 aliphatic heterocycles. The van der Waals surface area contributed by atoms with E-state index in [-0.39, 0.29) is 53.9 Å². The van der Waals surface area contributed by atoms with Crippen molar-refractivity contribution in [1.29, 1.82) is 0 Å². The monoisotopic (exact) mass is 544 g/mol. The second-order valence-corrected chi connectivity index (χ2v) is 10.0. The van der Waals surface area contributed by atoms with Gasteiger partial charge < -0.3 is 14.0 Å². The molecule has 9 heteroatoms. The van der Waals surface area contributed by atoms with Gasteiger partial charge in [-0.15, -0.1) is 0 Å². The molecule has 0 atom stereocenters. The van der Waals surface area contributed by atoms with Gasteiger partial charge in [0.25, 0.3) is 0 Å². The van der Waals surface area contributed by atoms with Gasteiger partial charge in [0.15, 0.2) is 0 Å². The molecular formula is C28H41NaO7S. The standard InChI is InChI=1S/C28H42O7S.Na/c1-3-5-7-9-11-13-15-17-21-34-27(29)25-20-19-24(36(31,32)33)23-26(25)28(30)35-22-18-16-14-12-10-8-6-4-2;/h11-14,19-20,23H,3-10,15-18,21-22H2,1-2H3,(H,31,32,33);/q;+1/p-1/b13-11+,14-12+;. The molecule has 0 aliphatic carbocycles. The maximum Gasteiger partial charge on any atom is 1.00 e. The van der Waals surface area contributed by atoms with E-state index in [0.29, 0.717) is 12.8 Å². The van der Waals surface area contributed by atoms with Crippen LogP contribution in [0, 0.1) is 0 Å².